The fourth-order valence-corrected chi connectivity index (χ4v) is 2.67. The SMILES string of the molecule is COC1CCCC(OC(=O)C2=CCCCC2)C1. The Labute approximate surface area is 103 Å². The lowest BCUT2D eigenvalue weighted by atomic mass is 9.94. The molecule has 0 amide bonds. The molecule has 0 saturated heterocycles. The zero-order valence-electron chi connectivity index (χ0n) is 10.6. The third kappa shape index (κ3) is 3.56. The summed E-state index contributed by atoms with van der Waals surface area (Å²) in [7, 11) is 1.73. The summed E-state index contributed by atoms with van der Waals surface area (Å²) in [6.07, 6.45) is 10.6. The summed E-state index contributed by atoms with van der Waals surface area (Å²) in [6, 6.07) is 0. The molecule has 0 N–H and O–H groups in total. The van der Waals surface area contributed by atoms with Crippen molar-refractivity contribution in [1.29, 1.82) is 0 Å². The number of esters is 1. The van der Waals surface area contributed by atoms with Crippen molar-refractivity contribution in [3.05, 3.63) is 11.6 Å². The molecule has 0 bridgehead atoms. The first kappa shape index (κ1) is 12.6. The summed E-state index contributed by atoms with van der Waals surface area (Å²) in [4.78, 5) is 11.9. The highest BCUT2D eigenvalue weighted by Crippen LogP contribution is 2.25. The van der Waals surface area contributed by atoms with Crippen LogP contribution in [-0.2, 0) is 14.3 Å². The van der Waals surface area contributed by atoms with E-state index in [1.807, 2.05) is 6.08 Å². The summed E-state index contributed by atoms with van der Waals surface area (Å²) in [6.45, 7) is 0. The van der Waals surface area contributed by atoms with Gasteiger partial charge in [-0.15, -0.1) is 0 Å². The minimum absolute atomic E-state index is 0.0593. The maximum atomic E-state index is 11.9. The Morgan fingerprint density at radius 1 is 1.24 bits per heavy atom. The zero-order chi connectivity index (χ0) is 12.1. The molecule has 1 fully saturated rings. The second kappa shape index (κ2) is 6.20. The monoisotopic (exact) mass is 238 g/mol. The molecule has 1 saturated carbocycles. The summed E-state index contributed by atoms with van der Waals surface area (Å²) in [5.74, 6) is -0.0912. The van der Waals surface area contributed by atoms with E-state index in [0.29, 0.717) is 0 Å². The number of carbonyl (C=O) groups excluding carboxylic acids is 1. The summed E-state index contributed by atoms with van der Waals surface area (Å²) in [5.41, 5.74) is 0.885. The Morgan fingerprint density at radius 3 is 2.76 bits per heavy atom. The molecule has 2 unspecified atom stereocenters. The van der Waals surface area contributed by atoms with E-state index in [1.54, 1.807) is 7.11 Å². The molecule has 17 heavy (non-hydrogen) atoms. The minimum Gasteiger partial charge on any atom is -0.459 e. The second-order valence-corrected chi connectivity index (χ2v) is 5.03. The van der Waals surface area contributed by atoms with E-state index in [9.17, 15) is 4.79 Å². The number of hydrogen-bond donors (Lipinski definition) is 0. The minimum atomic E-state index is -0.0912. The highest BCUT2D eigenvalue weighted by Gasteiger charge is 2.25. The highest BCUT2D eigenvalue weighted by atomic mass is 16.5. The van der Waals surface area contributed by atoms with Crippen molar-refractivity contribution in [1.82, 2.24) is 0 Å². The Bertz CT molecular complexity index is 296. The molecular formula is C14H22O3. The first-order valence-corrected chi connectivity index (χ1v) is 6.72. The third-order valence-corrected chi connectivity index (χ3v) is 3.74. The van der Waals surface area contributed by atoms with Gasteiger partial charge >= 0.3 is 5.97 Å². The topological polar surface area (TPSA) is 35.5 Å². The molecule has 0 aromatic rings. The Kier molecular flexibility index (Phi) is 4.60. The van der Waals surface area contributed by atoms with Crippen LogP contribution in [0, 0.1) is 0 Å². The van der Waals surface area contributed by atoms with Crippen LogP contribution < -0.4 is 0 Å². The van der Waals surface area contributed by atoms with E-state index >= 15 is 0 Å². The maximum Gasteiger partial charge on any atom is 0.333 e. The first-order valence-electron chi connectivity index (χ1n) is 6.72. The van der Waals surface area contributed by atoms with Crippen molar-refractivity contribution in [2.75, 3.05) is 7.11 Å². The lowest BCUT2D eigenvalue weighted by molar-refractivity contribution is -0.148. The molecule has 2 aliphatic carbocycles. The highest BCUT2D eigenvalue weighted by molar-refractivity contribution is 5.88. The van der Waals surface area contributed by atoms with Crippen molar-refractivity contribution in [2.45, 2.75) is 63.6 Å². The molecule has 2 atom stereocenters. The molecule has 96 valence electrons. The quantitative estimate of drug-likeness (QED) is 0.709. The van der Waals surface area contributed by atoms with E-state index in [4.69, 9.17) is 9.47 Å². The average Bonchev–Trinajstić information content (AvgIpc) is 2.40. The van der Waals surface area contributed by atoms with Gasteiger partial charge in [0.25, 0.3) is 0 Å². The van der Waals surface area contributed by atoms with E-state index in [-0.39, 0.29) is 18.2 Å². The second-order valence-electron chi connectivity index (χ2n) is 5.03. The van der Waals surface area contributed by atoms with Gasteiger partial charge < -0.3 is 9.47 Å². The number of carbonyl (C=O) groups is 1. The molecule has 3 nitrogen and oxygen atoms in total. The molecule has 0 aromatic carbocycles. The molecule has 3 heteroatoms. The normalized spacial score (nSPS) is 29.6. The van der Waals surface area contributed by atoms with Crippen LogP contribution in [-0.4, -0.2) is 25.3 Å². The molecule has 2 rings (SSSR count). The van der Waals surface area contributed by atoms with Gasteiger partial charge in [0.1, 0.15) is 6.10 Å². The molecule has 0 aromatic heterocycles. The molecule has 2 aliphatic rings. The Balaban J connectivity index is 1.83. The third-order valence-electron chi connectivity index (χ3n) is 3.74. The summed E-state index contributed by atoms with van der Waals surface area (Å²) in [5, 5.41) is 0. The van der Waals surface area contributed by atoms with Gasteiger partial charge in [0.05, 0.1) is 6.10 Å². The van der Waals surface area contributed by atoms with Crippen LogP contribution in [0.25, 0.3) is 0 Å². The lowest BCUT2D eigenvalue weighted by Crippen LogP contribution is -2.30. The molecular weight excluding hydrogens is 216 g/mol. The van der Waals surface area contributed by atoms with Gasteiger partial charge in [-0.05, 0) is 44.9 Å². The van der Waals surface area contributed by atoms with Crippen LogP contribution in [0.3, 0.4) is 0 Å². The van der Waals surface area contributed by atoms with Crippen molar-refractivity contribution in [3.8, 4) is 0 Å². The van der Waals surface area contributed by atoms with Crippen LogP contribution in [0.1, 0.15) is 51.4 Å². The van der Waals surface area contributed by atoms with E-state index in [2.05, 4.69) is 0 Å². The lowest BCUT2D eigenvalue weighted by Gasteiger charge is -2.28. The van der Waals surface area contributed by atoms with Crippen molar-refractivity contribution < 1.29 is 14.3 Å². The van der Waals surface area contributed by atoms with Gasteiger partial charge in [0, 0.05) is 19.1 Å². The van der Waals surface area contributed by atoms with E-state index in [1.165, 1.54) is 6.42 Å². The van der Waals surface area contributed by atoms with Gasteiger partial charge in [-0.1, -0.05) is 6.08 Å². The predicted octanol–water partition coefficient (Wildman–Crippen LogP) is 2.99. The van der Waals surface area contributed by atoms with Crippen molar-refractivity contribution >= 4 is 5.97 Å². The molecule has 0 heterocycles. The first-order chi connectivity index (χ1) is 8.29. The number of hydrogen-bond acceptors (Lipinski definition) is 3. The Morgan fingerprint density at radius 2 is 2.06 bits per heavy atom. The maximum absolute atomic E-state index is 11.9. The standard InChI is InChI=1S/C14H22O3/c1-16-12-8-5-9-13(10-12)17-14(15)11-6-3-2-4-7-11/h6,12-13H,2-5,7-10H2,1H3. The summed E-state index contributed by atoms with van der Waals surface area (Å²) >= 11 is 0. The van der Waals surface area contributed by atoms with Gasteiger partial charge in [0.15, 0.2) is 0 Å². The largest absolute Gasteiger partial charge is 0.459 e. The summed E-state index contributed by atoms with van der Waals surface area (Å²) < 4.78 is 10.9. The number of allylic oxidation sites excluding steroid dienone is 1. The van der Waals surface area contributed by atoms with E-state index in [0.717, 1.165) is 50.5 Å². The number of methoxy groups -OCH3 is 1. The predicted molar refractivity (Wildman–Crippen MR) is 65.7 cm³/mol. The van der Waals surface area contributed by atoms with E-state index < -0.39 is 0 Å². The smallest absolute Gasteiger partial charge is 0.333 e. The van der Waals surface area contributed by atoms with Crippen molar-refractivity contribution in [2.24, 2.45) is 0 Å². The Hall–Kier alpha value is -0.830. The van der Waals surface area contributed by atoms with Gasteiger partial charge in [0.2, 0.25) is 0 Å². The van der Waals surface area contributed by atoms with Crippen molar-refractivity contribution in [3.63, 3.8) is 0 Å². The van der Waals surface area contributed by atoms with Crippen LogP contribution in [0.15, 0.2) is 11.6 Å². The van der Waals surface area contributed by atoms with Crippen LogP contribution in [0.5, 0.6) is 0 Å². The zero-order valence-corrected chi connectivity index (χ0v) is 10.6. The number of rotatable bonds is 3. The average molecular weight is 238 g/mol. The van der Waals surface area contributed by atoms with Gasteiger partial charge in [-0.3, -0.25) is 0 Å². The fourth-order valence-electron chi connectivity index (χ4n) is 2.67. The fraction of sp³-hybridized carbons (Fsp3) is 0.786. The van der Waals surface area contributed by atoms with Crippen LogP contribution >= 0.6 is 0 Å². The van der Waals surface area contributed by atoms with Crippen LogP contribution in [0.4, 0.5) is 0 Å². The van der Waals surface area contributed by atoms with Gasteiger partial charge in [-0.25, -0.2) is 4.79 Å². The number of ether oxygens (including phenoxy) is 2. The van der Waals surface area contributed by atoms with Crippen LogP contribution in [0.2, 0.25) is 0 Å². The molecule has 0 aliphatic heterocycles. The van der Waals surface area contributed by atoms with Gasteiger partial charge in [-0.2, -0.15) is 0 Å². The molecule has 0 spiro atoms. The molecule has 0 radical (unpaired) electrons.